The van der Waals surface area contributed by atoms with Crippen LogP contribution in [0.15, 0.2) is 59.2 Å². The van der Waals surface area contributed by atoms with Gasteiger partial charge in [0.25, 0.3) is 0 Å². The van der Waals surface area contributed by atoms with Crippen molar-refractivity contribution in [2.45, 2.75) is 12.7 Å². The van der Waals surface area contributed by atoms with E-state index in [9.17, 15) is 13.2 Å². The second-order valence-corrected chi connectivity index (χ2v) is 5.76. The molecule has 0 amide bonds. The van der Waals surface area contributed by atoms with Gasteiger partial charge in [-0.2, -0.15) is 13.2 Å². The Morgan fingerprint density at radius 3 is 2.33 bits per heavy atom. The van der Waals surface area contributed by atoms with Crippen molar-refractivity contribution >= 4 is 26.8 Å². The molecule has 0 atom stereocenters. The van der Waals surface area contributed by atoms with E-state index in [0.29, 0.717) is 11.9 Å². The first kappa shape index (κ1) is 14.2. The Hall–Kier alpha value is -1.75. The number of alkyl halides is 3. The van der Waals surface area contributed by atoms with Crippen LogP contribution in [0.3, 0.4) is 0 Å². The third-order valence-corrected chi connectivity index (χ3v) is 3.89. The van der Waals surface area contributed by atoms with Gasteiger partial charge in [0.05, 0.1) is 5.56 Å². The van der Waals surface area contributed by atoms with Crippen molar-refractivity contribution in [3.63, 3.8) is 0 Å². The molecule has 0 fully saturated rings. The van der Waals surface area contributed by atoms with Gasteiger partial charge in [-0.05, 0) is 42.0 Å². The number of aromatic nitrogens is 1. The minimum Gasteiger partial charge on any atom is -0.343 e. The monoisotopic (exact) mass is 353 g/mol. The molecule has 0 unspecified atom stereocenters. The summed E-state index contributed by atoms with van der Waals surface area (Å²) in [5.74, 6) is 0. The fraction of sp³-hybridized carbons (Fsp3) is 0.125. The number of hydrogen-bond acceptors (Lipinski definition) is 0. The van der Waals surface area contributed by atoms with Gasteiger partial charge >= 0.3 is 6.18 Å². The molecule has 0 spiro atoms. The molecule has 21 heavy (non-hydrogen) atoms. The fourth-order valence-corrected chi connectivity index (χ4v) is 2.57. The van der Waals surface area contributed by atoms with E-state index in [0.717, 1.165) is 21.6 Å². The normalized spacial score (nSPS) is 12.0. The Morgan fingerprint density at radius 2 is 1.67 bits per heavy atom. The minimum atomic E-state index is -4.30. The van der Waals surface area contributed by atoms with E-state index in [2.05, 4.69) is 15.9 Å². The number of fused-ring (bicyclic) bond motifs is 1. The summed E-state index contributed by atoms with van der Waals surface area (Å²) in [7, 11) is 0. The Bertz CT molecular complexity index is 772. The van der Waals surface area contributed by atoms with Crippen LogP contribution in [0.5, 0.6) is 0 Å². The summed E-state index contributed by atoms with van der Waals surface area (Å²) in [6.07, 6.45) is -2.49. The molecule has 0 aliphatic rings. The van der Waals surface area contributed by atoms with Crippen LogP contribution in [0.2, 0.25) is 0 Å². The maximum absolute atomic E-state index is 12.7. The van der Waals surface area contributed by atoms with Gasteiger partial charge in [-0.25, -0.2) is 0 Å². The molecule has 0 saturated heterocycles. The summed E-state index contributed by atoms with van der Waals surface area (Å²) in [4.78, 5) is 0. The lowest BCUT2D eigenvalue weighted by Gasteiger charge is -2.08. The van der Waals surface area contributed by atoms with E-state index < -0.39 is 11.7 Å². The second kappa shape index (κ2) is 5.22. The first-order valence-electron chi connectivity index (χ1n) is 6.34. The summed E-state index contributed by atoms with van der Waals surface area (Å²) in [6, 6.07) is 13.4. The molecule has 0 bridgehead atoms. The van der Waals surface area contributed by atoms with Crippen molar-refractivity contribution in [2.24, 2.45) is 0 Å². The van der Waals surface area contributed by atoms with Gasteiger partial charge in [-0.3, -0.25) is 0 Å². The Balaban J connectivity index is 1.95. The van der Waals surface area contributed by atoms with E-state index in [-0.39, 0.29) is 0 Å². The van der Waals surface area contributed by atoms with Crippen molar-refractivity contribution in [3.8, 4) is 0 Å². The van der Waals surface area contributed by atoms with Crippen molar-refractivity contribution in [2.75, 3.05) is 0 Å². The summed E-state index contributed by atoms with van der Waals surface area (Å²) >= 11 is 3.38. The molecule has 0 saturated carbocycles. The highest BCUT2D eigenvalue weighted by atomic mass is 79.9. The highest BCUT2D eigenvalue weighted by molar-refractivity contribution is 9.10. The average molecular weight is 354 g/mol. The molecule has 2 aromatic carbocycles. The van der Waals surface area contributed by atoms with Crippen LogP contribution in [0.4, 0.5) is 13.2 Å². The summed E-state index contributed by atoms with van der Waals surface area (Å²) < 4.78 is 41.0. The highest BCUT2D eigenvalue weighted by Crippen LogP contribution is 2.31. The van der Waals surface area contributed by atoms with Crippen LogP contribution in [0, 0.1) is 0 Å². The molecule has 5 heteroatoms. The molecule has 3 aromatic rings. The van der Waals surface area contributed by atoms with Gasteiger partial charge in [0.15, 0.2) is 0 Å². The molecule has 0 N–H and O–H groups in total. The zero-order valence-electron chi connectivity index (χ0n) is 10.9. The first-order chi connectivity index (χ1) is 9.93. The Labute approximate surface area is 128 Å². The zero-order chi connectivity index (χ0) is 15.0. The van der Waals surface area contributed by atoms with Gasteiger partial charge in [-0.15, -0.1) is 0 Å². The van der Waals surface area contributed by atoms with Gasteiger partial charge in [0.2, 0.25) is 0 Å². The third-order valence-electron chi connectivity index (χ3n) is 3.36. The first-order valence-corrected chi connectivity index (χ1v) is 7.13. The van der Waals surface area contributed by atoms with Gasteiger partial charge in [0, 0.05) is 28.1 Å². The van der Waals surface area contributed by atoms with Crippen LogP contribution >= 0.6 is 15.9 Å². The predicted molar refractivity (Wildman–Crippen MR) is 80.2 cm³/mol. The van der Waals surface area contributed by atoms with Crippen LogP contribution in [0.1, 0.15) is 11.1 Å². The topological polar surface area (TPSA) is 4.93 Å². The molecule has 0 aliphatic heterocycles. The molecule has 1 nitrogen and oxygen atoms in total. The van der Waals surface area contributed by atoms with E-state index in [1.807, 2.05) is 35.0 Å². The number of nitrogens with zero attached hydrogens (tertiary/aromatic N) is 1. The van der Waals surface area contributed by atoms with Crippen LogP contribution < -0.4 is 0 Å². The van der Waals surface area contributed by atoms with Crippen LogP contribution in [0.25, 0.3) is 10.9 Å². The lowest BCUT2D eigenvalue weighted by molar-refractivity contribution is -0.137. The van der Waals surface area contributed by atoms with Crippen LogP contribution in [-0.2, 0) is 12.7 Å². The molecule has 1 aromatic heterocycles. The van der Waals surface area contributed by atoms with Crippen LogP contribution in [-0.4, -0.2) is 4.57 Å². The molecule has 108 valence electrons. The van der Waals surface area contributed by atoms with Crippen molar-refractivity contribution in [1.29, 1.82) is 0 Å². The average Bonchev–Trinajstić information content (AvgIpc) is 2.83. The number of halogens is 4. The summed E-state index contributed by atoms with van der Waals surface area (Å²) in [6.45, 7) is 0.627. The van der Waals surface area contributed by atoms with Crippen molar-refractivity contribution < 1.29 is 13.2 Å². The Morgan fingerprint density at radius 1 is 0.952 bits per heavy atom. The molecule has 3 rings (SSSR count). The van der Waals surface area contributed by atoms with Gasteiger partial charge in [0.1, 0.15) is 0 Å². The fourth-order valence-electron chi connectivity index (χ4n) is 2.30. The highest BCUT2D eigenvalue weighted by Gasteiger charge is 2.30. The maximum atomic E-state index is 12.7. The largest absolute Gasteiger partial charge is 0.416 e. The minimum absolute atomic E-state index is 0.599. The SMILES string of the molecule is FC(F)(F)c1ccc2c(ccn2Cc2ccc(Br)cc2)c1. The number of rotatable bonds is 2. The van der Waals surface area contributed by atoms with Crippen molar-refractivity contribution in [1.82, 2.24) is 4.57 Å². The van der Waals surface area contributed by atoms with E-state index in [1.54, 1.807) is 6.07 Å². The lowest BCUT2D eigenvalue weighted by atomic mass is 10.1. The van der Waals surface area contributed by atoms with Crippen molar-refractivity contribution in [3.05, 3.63) is 70.3 Å². The molecule has 1 heterocycles. The molecule has 0 radical (unpaired) electrons. The second-order valence-electron chi connectivity index (χ2n) is 4.84. The smallest absolute Gasteiger partial charge is 0.343 e. The zero-order valence-corrected chi connectivity index (χ0v) is 12.4. The molecular weight excluding hydrogens is 343 g/mol. The summed E-state index contributed by atoms with van der Waals surface area (Å²) in [5.41, 5.74) is 1.28. The van der Waals surface area contributed by atoms with E-state index in [1.165, 1.54) is 12.1 Å². The van der Waals surface area contributed by atoms with Gasteiger partial charge < -0.3 is 4.57 Å². The standard InChI is InChI=1S/C16H11BrF3N/c17-14-4-1-11(2-5-14)10-21-8-7-12-9-13(16(18,19)20)3-6-15(12)21/h1-9H,10H2. The number of benzene rings is 2. The summed E-state index contributed by atoms with van der Waals surface area (Å²) in [5, 5.41) is 0.599. The molecule has 0 aliphatic carbocycles. The lowest BCUT2D eigenvalue weighted by Crippen LogP contribution is -2.04. The maximum Gasteiger partial charge on any atom is 0.416 e. The van der Waals surface area contributed by atoms with E-state index in [4.69, 9.17) is 0 Å². The molecular formula is C16H11BrF3N. The van der Waals surface area contributed by atoms with E-state index >= 15 is 0 Å². The number of hydrogen-bond donors (Lipinski definition) is 0. The Kier molecular flexibility index (Phi) is 3.53. The predicted octanol–water partition coefficient (Wildman–Crippen LogP) is 5.47. The quantitative estimate of drug-likeness (QED) is 0.575. The van der Waals surface area contributed by atoms with Gasteiger partial charge in [-0.1, -0.05) is 28.1 Å². The third kappa shape index (κ3) is 2.97.